The van der Waals surface area contributed by atoms with Gasteiger partial charge in [0.25, 0.3) is 0 Å². The number of benzene rings is 1. The summed E-state index contributed by atoms with van der Waals surface area (Å²) in [5, 5.41) is 0. The fourth-order valence-corrected chi connectivity index (χ4v) is 2.32. The SMILES string of the molecule is CCN(CC(=O)c1ccccc1F)CC1CCC1. The molecule has 0 spiro atoms. The van der Waals surface area contributed by atoms with Crippen LogP contribution < -0.4 is 0 Å². The van der Waals surface area contributed by atoms with Gasteiger partial charge in [-0.3, -0.25) is 9.69 Å². The Hall–Kier alpha value is -1.22. The maximum atomic E-state index is 13.5. The van der Waals surface area contributed by atoms with E-state index in [1.165, 1.54) is 25.3 Å². The summed E-state index contributed by atoms with van der Waals surface area (Å²) in [6.07, 6.45) is 3.85. The highest BCUT2D eigenvalue weighted by Gasteiger charge is 2.22. The average molecular weight is 249 g/mol. The lowest BCUT2D eigenvalue weighted by molar-refractivity contribution is 0.0901. The van der Waals surface area contributed by atoms with Gasteiger partial charge in [0.05, 0.1) is 12.1 Å². The maximum absolute atomic E-state index is 13.5. The van der Waals surface area contributed by atoms with Crippen LogP contribution in [0.5, 0.6) is 0 Å². The zero-order valence-electron chi connectivity index (χ0n) is 10.9. The number of nitrogens with zero attached hydrogens (tertiary/aromatic N) is 1. The molecule has 0 unspecified atom stereocenters. The summed E-state index contributed by atoms with van der Waals surface area (Å²) in [5.41, 5.74) is 0.213. The van der Waals surface area contributed by atoms with E-state index >= 15 is 0 Å². The van der Waals surface area contributed by atoms with Crippen LogP contribution in [0.3, 0.4) is 0 Å². The lowest BCUT2D eigenvalue weighted by Gasteiger charge is -2.31. The van der Waals surface area contributed by atoms with E-state index in [0.717, 1.165) is 19.0 Å². The number of halogens is 1. The molecule has 0 N–H and O–H groups in total. The second kappa shape index (κ2) is 6.10. The van der Waals surface area contributed by atoms with Gasteiger partial charge in [0.2, 0.25) is 0 Å². The minimum absolute atomic E-state index is 0.116. The van der Waals surface area contributed by atoms with Gasteiger partial charge in [0.1, 0.15) is 5.82 Å². The zero-order chi connectivity index (χ0) is 13.0. The number of rotatable bonds is 6. The van der Waals surface area contributed by atoms with Crippen LogP contribution >= 0.6 is 0 Å². The quantitative estimate of drug-likeness (QED) is 0.722. The smallest absolute Gasteiger partial charge is 0.179 e. The third-order valence-corrected chi connectivity index (χ3v) is 3.73. The van der Waals surface area contributed by atoms with Gasteiger partial charge < -0.3 is 0 Å². The van der Waals surface area contributed by atoms with Gasteiger partial charge in [-0.25, -0.2) is 4.39 Å². The summed E-state index contributed by atoms with van der Waals surface area (Å²) >= 11 is 0. The number of carbonyl (C=O) groups is 1. The minimum atomic E-state index is -0.415. The second-order valence-corrected chi connectivity index (χ2v) is 5.03. The highest BCUT2D eigenvalue weighted by Crippen LogP contribution is 2.27. The Morgan fingerprint density at radius 3 is 2.67 bits per heavy atom. The fourth-order valence-electron chi connectivity index (χ4n) is 2.32. The Kier molecular flexibility index (Phi) is 4.48. The molecule has 1 aliphatic rings. The van der Waals surface area contributed by atoms with Gasteiger partial charge in [-0.15, -0.1) is 0 Å². The van der Waals surface area contributed by atoms with Gasteiger partial charge in [-0.2, -0.15) is 0 Å². The number of hydrogen-bond donors (Lipinski definition) is 0. The summed E-state index contributed by atoms with van der Waals surface area (Å²) in [4.78, 5) is 14.2. The van der Waals surface area contributed by atoms with Crippen LogP contribution in [0.25, 0.3) is 0 Å². The summed E-state index contributed by atoms with van der Waals surface area (Å²) in [6, 6.07) is 6.22. The molecule has 2 rings (SSSR count). The van der Waals surface area contributed by atoms with Crippen LogP contribution in [0.4, 0.5) is 4.39 Å². The Labute approximate surface area is 108 Å². The standard InChI is InChI=1S/C15H20FNO/c1-2-17(10-12-6-5-7-12)11-15(18)13-8-3-4-9-14(13)16/h3-4,8-9,12H,2,5-7,10-11H2,1H3. The van der Waals surface area contributed by atoms with Crippen LogP contribution in [0.15, 0.2) is 24.3 Å². The molecular formula is C15H20FNO. The van der Waals surface area contributed by atoms with Crippen molar-refractivity contribution < 1.29 is 9.18 Å². The van der Waals surface area contributed by atoms with Crippen molar-refractivity contribution in [3.63, 3.8) is 0 Å². The Morgan fingerprint density at radius 1 is 1.39 bits per heavy atom. The largest absolute Gasteiger partial charge is 0.296 e. The van der Waals surface area contributed by atoms with Crippen molar-refractivity contribution in [1.82, 2.24) is 4.90 Å². The van der Waals surface area contributed by atoms with E-state index in [4.69, 9.17) is 0 Å². The van der Waals surface area contributed by atoms with Gasteiger partial charge in [-0.1, -0.05) is 25.5 Å². The van der Waals surface area contributed by atoms with Crippen LogP contribution in [0, 0.1) is 11.7 Å². The molecule has 98 valence electrons. The molecule has 1 aromatic carbocycles. The highest BCUT2D eigenvalue weighted by atomic mass is 19.1. The first kappa shape index (κ1) is 13.2. The topological polar surface area (TPSA) is 20.3 Å². The molecule has 1 fully saturated rings. The van der Waals surface area contributed by atoms with Gasteiger partial charge >= 0.3 is 0 Å². The highest BCUT2D eigenvalue weighted by molar-refractivity contribution is 5.97. The molecular weight excluding hydrogens is 229 g/mol. The molecule has 0 aromatic heterocycles. The third-order valence-electron chi connectivity index (χ3n) is 3.73. The lowest BCUT2D eigenvalue weighted by Crippen LogP contribution is -2.36. The first-order chi connectivity index (χ1) is 8.70. The molecule has 18 heavy (non-hydrogen) atoms. The Bertz CT molecular complexity index is 415. The summed E-state index contributed by atoms with van der Waals surface area (Å²) < 4.78 is 13.5. The fraction of sp³-hybridized carbons (Fsp3) is 0.533. The van der Waals surface area contributed by atoms with E-state index in [2.05, 4.69) is 4.90 Å². The average Bonchev–Trinajstić information content (AvgIpc) is 2.32. The molecule has 1 saturated carbocycles. The summed E-state index contributed by atoms with van der Waals surface area (Å²) in [6.45, 7) is 4.19. The van der Waals surface area contributed by atoms with Crippen molar-refractivity contribution in [1.29, 1.82) is 0 Å². The van der Waals surface area contributed by atoms with Crippen LogP contribution in [-0.2, 0) is 0 Å². The predicted molar refractivity (Wildman–Crippen MR) is 70.2 cm³/mol. The van der Waals surface area contributed by atoms with Crippen LogP contribution in [0.1, 0.15) is 36.5 Å². The number of Topliss-reactive ketones (excluding diaryl/α,β-unsaturated/α-hetero) is 1. The van der Waals surface area contributed by atoms with Crippen molar-refractivity contribution in [3.05, 3.63) is 35.6 Å². The molecule has 2 nitrogen and oxygen atoms in total. The molecule has 0 aliphatic heterocycles. The third kappa shape index (κ3) is 3.16. The second-order valence-electron chi connectivity index (χ2n) is 5.03. The van der Waals surface area contributed by atoms with E-state index in [0.29, 0.717) is 6.54 Å². The van der Waals surface area contributed by atoms with Gasteiger partial charge in [-0.05, 0) is 37.4 Å². The van der Waals surface area contributed by atoms with Crippen molar-refractivity contribution in [2.45, 2.75) is 26.2 Å². The summed E-state index contributed by atoms with van der Waals surface area (Å²) in [7, 11) is 0. The molecule has 0 amide bonds. The zero-order valence-corrected chi connectivity index (χ0v) is 10.9. The van der Waals surface area contributed by atoms with E-state index in [1.54, 1.807) is 18.2 Å². The summed E-state index contributed by atoms with van der Waals surface area (Å²) in [5.74, 6) is 0.204. The Morgan fingerprint density at radius 2 is 2.11 bits per heavy atom. The molecule has 0 bridgehead atoms. The maximum Gasteiger partial charge on any atom is 0.179 e. The minimum Gasteiger partial charge on any atom is -0.296 e. The predicted octanol–water partition coefficient (Wildman–Crippen LogP) is 3.13. The number of ketones is 1. The van der Waals surface area contributed by atoms with Crippen LogP contribution in [-0.4, -0.2) is 30.3 Å². The Balaban J connectivity index is 1.94. The van der Waals surface area contributed by atoms with Gasteiger partial charge in [0, 0.05) is 6.54 Å². The molecule has 0 saturated heterocycles. The first-order valence-corrected chi connectivity index (χ1v) is 6.70. The van der Waals surface area contributed by atoms with Crippen molar-refractivity contribution in [2.24, 2.45) is 5.92 Å². The van der Waals surface area contributed by atoms with E-state index in [9.17, 15) is 9.18 Å². The van der Waals surface area contributed by atoms with E-state index < -0.39 is 5.82 Å². The normalized spacial score (nSPS) is 15.7. The first-order valence-electron chi connectivity index (χ1n) is 6.70. The molecule has 0 heterocycles. The number of likely N-dealkylation sites (N-methyl/N-ethyl adjacent to an activating group) is 1. The number of hydrogen-bond acceptors (Lipinski definition) is 2. The van der Waals surface area contributed by atoms with E-state index in [1.807, 2.05) is 6.92 Å². The van der Waals surface area contributed by atoms with Crippen molar-refractivity contribution in [3.8, 4) is 0 Å². The van der Waals surface area contributed by atoms with Crippen LogP contribution in [0.2, 0.25) is 0 Å². The molecule has 0 atom stereocenters. The molecule has 0 radical (unpaired) electrons. The van der Waals surface area contributed by atoms with E-state index in [-0.39, 0.29) is 11.3 Å². The molecule has 1 aliphatic carbocycles. The lowest BCUT2D eigenvalue weighted by atomic mass is 9.85. The molecule has 3 heteroatoms. The monoisotopic (exact) mass is 249 g/mol. The molecule has 1 aromatic rings. The van der Waals surface area contributed by atoms with Crippen molar-refractivity contribution in [2.75, 3.05) is 19.6 Å². The van der Waals surface area contributed by atoms with Crippen molar-refractivity contribution >= 4 is 5.78 Å². The van der Waals surface area contributed by atoms with Gasteiger partial charge in [0.15, 0.2) is 5.78 Å². The number of carbonyl (C=O) groups excluding carboxylic acids is 1.